The van der Waals surface area contributed by atoms with Crippen molar-refractivity contribution in [3.05, 3.63) is 53.6 Å². The van der Waals surface area contributed by atoms with Gasteiger partial charge in [-0.25, -0.2) is 9.59 Å². The van der Waals surface area contributed by atoms with Crippen LogP contribution in [0.3, 0.4) is 0 Å². The van der Waals surface area contributed by atoms with Crippen LogP contribution in [-0.4, -0.2) is 38.1 Å². The predicted octanol–water partition coefficient (Wildman–Crippen LogP) is 14.1. The number of hydrogen-bond donors (Lipinski definition) is 1. The van der Waals surface area contributed by atoms with Crippen molar-refractivity contribution in [2.45, 2.75) is 211 Å². The number of allylic oxidation sites excluding steroid dienone is 4. The standard InChI is InChI=1S/C46H78O7S/c1-3-5-7-9-11-13-15-17-19-21-23-25-27-29-31-33-35-39-52-45(47)43-38-37-42(54(49,50)51)41-44(43)46(48)53-40-36-34-32-30-28-26-24-22-20-18-16-14-12-10-8-6-4-2/h15-18,37-38,41H,3-14,19-36,39-40H2,1-2H3,(H,49,50,51)/b17-15+,18-16+. The first kappa shape index (κ1) is 49.6. The Labute approximate surface area is 331 Å². The first-order valence-corrected chi connectivity index (χ1v) is 23.5. The fourth-order valence-corrected chi connectivity index (χ4v) is 7.08. The molecular formula is C46H78O7S. The molecule has 1 N–H and O–H groups in total. The van der Waals surface area contributed by atoms with E-state index in [9.17, 15) is 22.6 Å². The number of hydrogen-bond acceptors (Lipinski definition) is 6. The van der Waals surface area contributed by atoms with E-state index in [2.05, 4.69) is 38.2 Å². The molecule has 0 saturated carbocycles. The summed E-state index contributed by atoms with van der Waals surface area (Å²) in [7, 11) is -4.57. The van der Waals surface area contributed by atoms with E-state index < -0.39 is 27.0 Å². The minimum atomic E-state index is -4.57. The highest BCUT2D eigenvalue weighted by molar-refractivity contribution is 7.85. The molecule has 0 heterocycles. The van der Waals surface area contributed by atoms with E-state index in [1.54, 1.807) is 0 Å². The highest BCUT2D eigenvalue weighted by Crippen LogP contribution is 2.20. The quantitative estimate of drug-likeness (QED) is 0.0310. The lowest BCUT2D eigenvalue weighted by molar-refractivity contribution is 0.0450. The molecule has 8 heteroatoms. The largest absolute Gasteiger partial charge is 0.462 e. The number of unbranched alkanes of at least 4 members (excludes halogenated alkanes) is 26. The van der Waals surface area contributed by atoms with Crippen molar-refractivity contribution in [1.82, 2.24) is 0 Å². The number of ether oxygens (including phenoxy) is 2. The second-order valence-corrected chi connectivity index (χ2v) is 16.5. The SMILES string of the molecule is CCCCCCC/C=C/CCCCCCCCCCOC(=O)c1ccc(S(=O)(=O)O)cc1C(=O)OCCCCCCCCCC/C=C/CCCCCCC. The maximum atomic E-state index is 12.9. The Morgan fingerprint density at radius 1 is 0.481 bits per heavy atom. The third-order valence-electron chi connectivity index (χ3n) is 10.0. The molecule has 0 amide bonds. The molecule has 0 fully saturated rings. The normalized spacial score (nSPS) is 11.9. The zero-order valence-electron chi connectivity index (χ0n) is 34.5. The van der Waals surface area contributed by atoms with Gasteiger partial charge in [-0.3, -0.25) is 4.55 Å². The minimum absolute atomic E-state index is 0.0629. The summed E-state index contributed by atoms with van der Waals surface area (Å²) in [6.07, 6.45) is 45.1. The molecule has 0 unspecified atom stereocenters. The van der Waals surface area contributed by atoms with Crippen LogP contribution in [0.25, 0.3) is 0 Å². The molecule has 7 nitrogen and oxygen atoms in total. The van der Waals surface area contributed by atoms with Crippen LogP contribution in [0.15, 0.2) is 47.4 Å². The Morgan fingerprint density at radius 3 is 1.15 bits per heavy atom. The van der Waals surface area contributed by atoms with Crippen LogP contribution < -0.4 is 0 Å². The summed E-state index contributed by atoms with van der Waals surface area (Å²) in [5.74, 6) is -1.50. The number of rotatable bonds is 37. The van der Waals surface area contributed by atoms with E-state index in [0.29, 0.717) is 12.8 Å². The Balaban J connectivity index is 2.22. The number of benzene rings is 1. The van der Waals surface area contributed by atoms with Crippen LogP contribution in [-0.2, 0) is 19.6 Å². The van der Waals surface area contributed by atoms with Gasteiger partial charge in [-0.2, -0.15) is 8.42 Å². The fraction of sp³-hybridized carbons (Fsp3) is 0.739. The minimum Gasteiger partial charge on any atom is -0.462 e. The van der Waals surface area contributed by atoms with E-state index in [1.807, 2.05) is 0 Å². The molecule has 0 aliphatic heterocycles. The summed E-state index contributed by atoms with van der Waals surface area (Å²) < 4.78 is 43.9. The molecule has 0 saturated heterocycles. The van der Waals surface area contributed by atoms with Gasteiger partial charge in [0.05, 0.1) is 29.2 Å². The lowest BCUT2D eigenvalue weighted by Gasteiger charge is -2.11. The summed E-state index contributed by atoms with van der Waals surface area (Å²) in [6.45, 7) is 4.89. The summed E-state index contributed by atoms with van der Waals surface area (Å²) in [5, 5.41) is 0. The van der Waals surface area contributed by atoms with Gasteiger partial charge in [0.1, 0.15) is 0 Å². The predicted molar refractivity (Wildman–Crippen MR) is 225 cm³/mol. The van der Waals surface area contributed by atoms with Gasteiger partial charge in [-0.1, -0.05) is 167 Å². The molecular weight excluding hydrogens is 697 g/mol. The second-order valence-electron chi connectivity index (χ2n) is 15.0. The van der Waals surface area contributed by atoms with Gasteiger partial charge in [-0.05, 0) is 82.4 Å². The Bertz CT molecular complexity index is 1240. The molecule has 0 aromatic heterocycles. The summed E-state index contributed by atoms with van der Waals surface area (Å²) in [6, 6.07) is 3.30. The molecule has 1 aromatic rings. The molecule has 1 rings (SSSR count). The Kier molecular flexibility index (Phi) is 32.1. The molecule has 0 aliphatic rings. The van der Waals surface area contributed by atoms with Crippen molar-refractivity contribution in [2.75, 3.05) is 13.2 Å². The van der Waals surface area contributed by atoms with Crippen molar-refractivity contribution < 1.29 is 32.0 Å². The van der Waals surface area contributed by atoms with Crippen LogP contribution in [0.1, 0.15) is 227 Å². The second kappa shape index (κ2) is 35.0. The Hall–Kier alpha value is -2.45. The van der Waals surface area contributed by atoms with E-state index in [1.165, 1.54) is 147 Å². The van der Waals surface area contributed by atoms with Gasteiger partial charge < -0.3 is 9.47 Å². The van der Waals surface area contributed by atoms with Crippen LogP contribution >= 0.6 is 0 Å². The van der Waals surface area contributed by atoms with Gasteiger partial charge in [0.2, 0.25) is 0 Å². The van der Waals surface area contributed by atoms with Crippen LogP contribution in [0.5, 0.6) is 0 Å². The van der Waals surface area contributed by atoms with E-state index in [4.69, 9.17) is 9.47 Å². The van der Waals surface area contributed by atoms with Gasteiger partial charge in [0.25, 0.3) is 10.1 Å². The smallest absolute Gasteiger partial charge is 0.339 e. The number of esters is 2. The molecule has 310 valence electrons. The van der Waals surface area contributed by atoms with Crippen LogP contribution in [0, 0.1) is 0 Å². The summed E-state index contributed by atoms with van der Waals surface area (Å²) in [4.78, 5) is 25.4. The van der Waals surface area contributed by atoms with Gasteiger partial charge >= 0.3 is 11.9 Å². The van der Waals surface area contributed by atoms with Crippen molar-refractivity contribution in [2.24, 2.45) is 0 Å². The molecule has 0 radical (unpaired) electrons. The van der Waals surface area contributed by atoms with Crippen molar-refractivity contribution in [3.8, 4) is 0 Å². The monoisotopic (exact) mass is 775 g/mol. The average molecular weight is 775 g/mol. The zero-order chi connectivity index (χ0) is 39.4. The highest BCUT2D eigenvalue weighted by atomic mass is 32.2. The van der Waals surface area contributed by atoms with E-state index >= 15 is 0 Å². The highest BCUT2D eigenvalue weighted by Gasteiger charge is 2.23. The van der Waals surface area contributed by atoms with Crippen LogP contribution in [0.2, 0.25) is 0 Å². The molecule has 0 spiro atoms. The average Bonchev–Trinajstić information content (AvgIpc) is 3.16. The Morgan fingerprint density at radius 2 is 0.796 bits per heavy atom. The fourth-order valence-electron chi connectivity index (χ4n) is 6.57. The van der Waals surface area contributed by atoms with Crippen molar-refractivity contribution >= 4 is 22.1 Å². The zero-order valence-corrected chi connectivity index (χ0v) is 35.3. The summed E-state index contributed by atoms with van der Waals surface area (Å²) >= 11 is 0. The van der Waals surface area contributed by atoms with Crippen LogP contribution in [0.4, 0.5) is 0 Å². The van der Waals surface area contributed by atoms with Crippen molar-refractivity contribution in [1.29, 1.82) is 0 Å². The maximum Gasteiger partial charge on any atom is 0.339 e. The molecule has 1 aromatic carbocycles. The molecule has 0 atom stereocenters. The number of carbonyl (C=O) groups excluding carboxylic acids is 2. The summed E-state index contributed by atoms with van der Waals surface area (Å²) in [5.41, 5.74) is -0.276. The number of carbonyl (C=O) groups is 2. The first-order chi connectivity index (χ1) is 26.3. The first-order valence-electron chi connectivity index (χ1n) is 22.1. The lowest BCUT2D eigenvalue weighted by Crippen LogP contribution is -2.16. The molecule has 54 heavy (non-hydrogen) atoms. The van der Waals surface area contributed by atoms with Gasteiger partial charge in [-0.15, -0.1) is 0 Å². The third-order valence-corrected chi connectivity index (χ3v) is 10.9. The topological polar surface area (TPSA) is 107 Å². The lowest BCUT2D eigenvalue weighted by atomic mass is 10.1. The molecule has 0 aliphatic carbocycles. The van der Waals surface area contributed by atoms with Crippen molar-refractivity contribution in [3.63, 3.8) is 0 Å². The molecule has 0 bridgehead atoms. The van der Waals surface area contributed by atoms with E-state index in [-0.39, 0.29) is 24.3 Å². The van der Waals surface area contributed by atoms with E-state index in [0.717, 1.165) is 50.7 Å². The maximum absolute atomic E-state index is 12.9. The van der Waals surface area contributed by atoms with Gasteiger partial charge in [0, 0.05) is 0 Å². The third kappa shape index (κ3) is 28.0. The van der Waals surface area contributed by atoms with Gasteiger partial charge in [0.15, 0.2) is 0 Å².